The van der Waals surface area contributed by atoms with Crippen LogP contribution in [0.1, 0.15) is 64.9 Å². The molecule has 2 atom stereocenters. The molecule has 2 unspecified atom stereocenters. The molecule has 0 aliphatic heterocycles. The number of aliphatic hydroxyl groups excluding tert-OH is 2. The number of hydrogen-bond donors (Lipinski definition) is 11. The maximum absolute atomic E-state index is 9.85. The molecular weight excluding hydrogens is 591 g/mol. The first-order valence-electron chi connectivity index (χ1n) is 11.8. The summed E-state index contributed by atoms with van der Waals surface area (Å²) >= 11 is 0. The van der Waals surface area contributed by atoms with Crippen molar-refractivity contribution in [3.8, 4) is 23.0 Å². The van der Waals surface area contributed by atoms with E-state index in [-0.39, 0.29) is 63.6 Å². The molecule has 0 bridgehead atoms. The van der Waals surface area contributed by atoms with Crippen LogP contribution in [0.4, 0.5) is 4.79 Å². The number of aliphatic hydroxyl groups is 2. The van der Waals surface area contributed by atoms with E-state index in [2.05, 4.69) is 10.6 Å². The number of aromatic hydroxyl groups is 4. The average Bonchev–Trinajstić information content (AvgIpc) is 2.72. The van der Waals surface area contributed by atoms with E-state index in [1.807, 2.05) is 41.5 Å². The van der Waals surface area contributed by atoms with Crippen LogP contribution < -0.4 is 45.3 Å². The first-order chi connectivity index (χ1) is 18.3. The van der Waals surface area contributed by atoms with Crippen molar-refractivity contribution in [2.75, 3.05) is 13.1 Å². The van der Waals surface area contributed by atoms with Gasteiger partial charge in [-0.05, 0) is 76.9 Å². The van der Waals surface area contributed by atoms with Gasteiger partial charge in [0.25, 0.3) is 0 Å². The van der Waals surface area contributed by atoms with Gasteiger partial charge >= 0.3 is 40.0 Å². The van der Waals surface area contributed by atoms with E-state index < -0.39 is 28.8 Å². The third-order valence-electron chi connectivity index (χ3n) is 4.27. The Kier molecular flexibility index (Phi) is 20.7. The SMILES string of the molecule is CC(C)(C)NCC(O)c1cc(O)cc(O)c1.CC(C)(C)NCC(O)c1cc(O)cc(O)c1.O=C([O-])O.O=S(=O)(O)O.[Na+]. The Bertz CT molecular complexity index is 1060. The number of carbonyl (C=O) groups is 1. The number of nitrogens with one attached hydrogen (secondary N) is 2. The normalized spacial score (nSPS) is 12.4. The van der Waals surface area contributed by atoms with Crippen LogP contribution in [0.15, 0.2) is 36.4 Å². The summed E-state index contributed by atoms with van der Waals surface area (Å²) < 4.78 is 31.6. The van der Waals surface area contributed by atoms with E-state index in [0.717, 1.165) is 0 Å². The number of carboxylic acid groups (broad SMARTS) is 2. The van der Waals surface area contributed by atoms with Gasteiger partial charge in [-0.3, -0.25) is 9.11 Å². The predicted octanol–water partition coefficient (Wildman–Crippen LogP) is -1.72. The smallest absolute Gasteiger partial charge is 0.565 e. The summed E-state index contributed by atoms with van der Waals surface area (Å²) in [5, 5.41) is 78.4. The molecule has 15 nitrogen and oxygen atoms in total. The maximum atomic E-state index is 9.85. The van der Waals surface area contributed by atoms with Crippen LogP contribution in [0.5, 0.6) is 23.0 Å². The average molecular weight is 633 g/mol. The van der Waals surface area contributed by atoms with Crippen LogP contribution in [0.2, 0.25) is 0 Å². The molecule has 0 spiro atoms. The Hall–Kier alpha value is -2.38. The summed E-state index contributed by atoms with van der Waals surface area (Å²) in [4.78, 5) is 8.44. The molecule has 42 heavy (non-hydrogen) atoms. The van der Waals surface area contributed by atoms with Gasteiger partial charge < -0.3 is 56.3 Å². The van der Waals surface area contributed by atoms with Crippen molar-refractivity contribution in [2.45, 2.75) is 64.8 Å². The first kappa shape index (κ1) is 44.1. The van der Waals surface area contributed by atoms with Gasteiger partial charge in [0.05, 0.1) is 12.2 Å². The third kappa shape index (κ3) is 29.1. The third-order valence-corrected chi connectivity index (χ3v) is 4.27. The van der Waals surface area contributed by atoms with Crippen LogP contribution >= 0.6 is 0 Å². The first-order valence-corrected chi connectivity index (χ1v) is 13.2. The molecule has 0 saturated heterocycles. The maximum Gasteiger partial charge on any atom is 1.00 e. The van der Waals surface area contributed by atoms with Crippen molar-refractivity contribution in [3.05, 3.63) is 47.5 Å². The number of hydrogen-bond acceptors (Lipinski definition) is 12. The Morgan fingerprint density at radius 2 is 0.905 bits per heavy atom. The Morgan fingerprint density at radius 1 is 0.714 bits per heavy atom. The quantitative estimate of drug-likeness (QED) is 0.125. The summed E-state index contributed by atoms with van der Waals surface area (Å²) in [5.74, 6) is -0.204. The Labute approximate surface area is 267 Å². The predicted molar refractivity (Wildman–Crippen MR) is 147 cm³/mol. The Morgan fingerprint density at radius 3 is 1.07 bits per heavy atom. The monoisotopic (exact) mass is 632 g/mol. The molecule has 2 rings (SSSR count). The van der Waals surface area contributed by atoms with Gasteiger partial charge in [0, 0.05) is 36.3 Å². The fraction of sp³-hybridized carbons (Fsp3) is 0.480. The van der Waals surface area contributed by atoms with Gasteiger partial charge in [0.1, 0.15) is 23.0 Å². The minimum atomic E-state index is -4.67. The summed E-state index contributed by atoms with van der Waals surface area (Å²) in [7, 11) is -4.67. The fourth-order valence-electron chi connectivity index (χ4n) is 2.66. The van der Waals surface area contributed by atoms with Crippen LogP contribution in [0.25, 0.3) is 0 Å². The largest absolute Gasteiger partial charge is 1.00 e. The molecule has 0 aliphatic carbocycles. The summed E-state index contributed by atoms with van der Waals surface area (Å²) in [6.07, 6.45) is -3.59. The minimum Gasteiger partial charge on any atom is -0.565 e. The molecule has 0 aliphatic rings. The number of phenolic OH excluding ortho intramolecular Hbond substituents is 4. The molecule has 0 radical (unpaired) electrons. The van der Waals surface area contributed by atoms with E-state index in [0.29, 0.717) is 24.2 Å². The van der Waals surface area contributed by atoms with Crippen molar-refractivity contribution < 1.29 is 92.7 Å². The van der Waals surface area contributed by atoms with Crippen molar-refractivity contribution in [1.82, 2.24) is 10.6 Å². The number of phenols is 4. The van der Waals surface area contributed by atoms with Gasteiger partial charge in [-0.2, -0.15) is 8.42 Å². The molecule has 2 aromatic carbocycles. The van der Waals surface area contributed by atoms with Crippen LogP contribution in [0.3, 0.4) is 0 Å². The molecule has 0 saturated carbocycles. The van der Waals surface area contributed by atoms with Crippen molar-refractivity contribution in [1.29, 1.82) is 0 Å². The Balaban J connectivity index is -0.000000553. The molecule has 0 heterocycles. The number of benzene rings is 2. The van der Waals surface area contributed by atoms with E-state index in [1.54, 1.807) is 0 Å². The van der Waals surface area contributed by atoms with E-state index in [9.17, 15) is 30.6 Å². The molecule has 11 N–H and O–H groups in total. The van der Waals surface area contributed by atoms with Gasteiger partial charge in [-0.15, -0.1) is 0 Å². The second-order valence-corrected chi connectivity index (χ2v) is 11.5. The molecule has 17 heteroatoms. The second-order valence-electron chi connectivity index (χ2n) is 10.6. The molecular formula is C25H41N2NaO13S. The van der Waals surface area contributed by atoms with Crippen LogP contribution in [-0.2, 0) is 10.4 Å². The molecule has 0 amide bonds. The van der Waals surface area contributed by atoms with Gasteiger partial charge in [-0.25, -0.2) is 0 Å². The molecule has 2 aromatic rings. The second kappa shape index (κ2) is 19.7. The fourth-order valence-corrected chi connectivity index (χ4v) is 2.66. The standard InChI is InChI=1S/2C12H19NO3.CH2O3.Na.H2O4S/c2*1-12(2,3)13-7-11(16)8-4-9(14)6-10(15)5-8;2-1(3)4;;1-5(2,3)4/h2*4-6,11,13-16H,7H2,1-3H3;(H2,2,3,4);;(H2,1,2,3,4)/q;;;+1;/p-1. The molecule has 0 aromatic heterocycles. The molecule has 0 fully saturated rings. The van der Waals surface area contributed by atoms with Crippen molar-refractivity contribution in [2.24, 2.45) is 0 Å². The van der Waals surface area contributed by atoms with Crippen LogP contribution in [-0.4, -0.2) is 83.6 Å². The molecule has 236 valence electrons. The summed E-state index contributed by atoms with van der Waals surface area (Å²) in [6.45, 7) is 12.7. The van der Waals surface area contributed by atoms with E-state index >= 15 is 0 Å². The van der Waals surface area contributed by atoms with Gasteiger partial charge in [-0.1, -0.05) is 0 Å². The zero-order valence-corrected chi connectivity index (χ0v) is 27.4. The minimum absolute atomic E-state index is 0. The van der Waals surface area contributed by atoms with E-state index in [1.165, 1.54) is 36.4 Å². The van der Waals surface area contributed by atoms with Crippen molar-refractivity contribution >= 4 is 16.6 Å². The van der Waals surface area contributed by atoms with Crippen molar-refractivity contribution in [3.63, 3.8) is 0 Å². The zero-order valence-electron chi connectivity index (χ0n) is 24.6. The summed E-state index contributed by atoms with van der Waals surface area (Å²) in [5.41, 5.74) is 0.822. The number of β-amino-alcohol motifs (C(OH)–C–C–N with tert-alkyl or cyclic N) is 2. The topological polar surface area (TPSA) is 280 Å². The van der Waals surface area contributed by atoms with Gasteiger partial charge in [0.2, 0.25) is 6.16 Å². The number of rotatable bonds is 6. The summed E-state index contributed by atoms with van der Waals surface area (Å²) in [6, 6.07) is 8.22. The van der Waals surface area contributed by atoms with Crippen LogP contribution in [0, 0.1) is 0 Å². The zero-order chi connectivity index (χ0) is 32.8. The van der Waals surface area contributed by atoms with Gasteiger partial charge in [0.15, 0.2) is 0 Å². The van der Waals surface area contributed by atoms with E-state index in [4.69, 9.17) is 32.5 Å².